The molecule has 0 unspecified atom stereocenters. The second-order valence-corrected chi connectivity index (χ2v) is 5.70. The van der Waals surface area contributed by atoms with Crippen molar-refractivity contribution in [2.45, 2.75) is 96.2 Å². The number of unbranched alkanes of at least 4 members (excludes halogenated alkanes) is 8. The lowest BCUT2D eigenvalue weighted by molar-refractivity contribution is 0.348. The molecule has 1 nitrogen and oxygen atoms in total. The van der Waals surface area contributed by atoms with Crippen LogP contribution in [0.25, 0.3) is 0 Å². The van der Waals surface area contributed by atoms with Gasteiger partial charge in [-0.25, -0.2) is 0 Å². The van der Waals surface area contributed by atoms with E-state index in [1.165, 1.54) is 77.0 Å². The Hall–Kier alpha value is -0.300. The molecule has 0 N–H and O–H groups in total. The van der Waals surface area contributed by atoms with E-state index in [2.05, 4.69) is 13.5 Å². The zero-order chi connectivity index (χ0) is 13.1. The maximum atomic E-state index is 5.71. The summed E-state index contributed by atoms with van der Waals surface area (Å²) in [4.78, 5) is 0. The summed E-state index contributed by atoms with van der Waals surface area (Å²) in [5.41, 5.74) is 0. The zero-order valence-electron chi connectivity index (χ0n) is 12.3. The van der Waals surface area contributed by atoms with E-state index in [0.29, 0.717) is 12.2 Å². The molecule has 1 aliphatic rings. The van der Waals surface area contributed by atoms with Gasteiger partial charge in [-0.15, -0.1) is 6.58 Å². The molecule has 1 aliphatic heterocycles. The number of ether oxygens (including phenoxy) is 1. The monoisotopic (exact) mass is 252 g/mol. The first kappa shape index (κ1) is 15.8. The van der Waals surface area contributed by atoms with Gasteiger partial charge in [0.05, 0.1) is 12.2 Å². The lowest BCUT2D eigenvalue weighted by Gasteiger charge is -2.00. The second kappa shape index (κ2) is 10.6. The van der Waals surface area contributed by atoms with Gasteiger partial charge in [0.1, 0.15) is 0 Å². The van der Waals surface area contributed by atoms with Crippen molar-refractivity contribution in [2.75, 3.05) is 0 Å². The minimum atomic E-state index is 0.627. The highest BCUT2D eigenvalue weighted by Crippen LogP contribution is 2.31. The number of epoxide rings is 1. The van der Waals surface area contributed by atoms with Crippen LogP contribution in [0.3, 0.4) is 0 Å². The lowest BCUT2D eigenvalue weighted by atomic mass is 10.0. The molecule has 0 amide bonds. The first-order valence-corrected chi connectivity index (χ1v) is 8.14. The molecule has 1 rings (SSSR count). The predicted octanol–water partition coefficient (Wildman–Crippen LogP) is 5.64. The van der Waals surface area contributed by atoms with Crippen LogP contribution >= 0.6 is 0 Å². The maximum absolute atomic E-state index is 5.71. The topological polar surface area (TPSA) is 12.5 Å². The number of hydrogen-bond acceptors (Lipinski definition) is 1. The highest BCUT2D eigenvalue weighted by atomic mass is 16.6. The Balaban J connectivity index is 1.76. The molecule has 0 radical (unpaired) electrons. The van der Waals surface area contributed by atoms with Gasteiger partial charge in [-0.1, -0.05) is 64.4 Å². The molecule has 0 spiro atoms. The molecule has 18 heavy (non-hydrogen) atoms. The molecule has 1 heteroatoms. The Labute approximate surface area is 114 Å². The molecule has 1 heterocycles. The van der Waals surface area contributed by atoms with Crippen LogP contribution in [0.5, 0.6) is 0 Å². The summed E-state index contributed by atoms with van der Waals surface area (Å²) in [7, 11) is 0. The summed E-state index contributed by atoms with van der Waals surface area (Å²) in [6, 6.07) is 0. The normalized spacial score (nSPS) is 22.1. The summed E-state index contributed by atoms with van der Waals surface area (Å²) in [6.07, 6.45) is 19.4. The molecule has 0 aliphatic carbocycles. The van der Waals surface area contributed by atoms with Crippen LogP contribution in [0.1, 0.15) is 84.0 Å². The van der Waals surface area contributed by atoms with Crippen molar-refractivity contribution in [2.24, 2.45) is 0 Å². The van der Waals surface area contributed by atoms with Gasteiger partial charge in [-0.2, -0.15) is 0 Å². The van der Waals surface area contributed by atoms with Crippen LogP contribution in [0, 0.1) is 0 Å². The minimum Gasteiger partial charge on any atom is -0.370 e. The van der Waals surface area contributed by atoms with Gasteiger partial charge in [0.25, 0.3) is 0 Å². The average Bonchev–Trinajstić information content (AvgIpc) is 3.12. The number of allylic oxidation sites excluding steroid dienone is 1. The first-order chi connectivity index (χ1) is 8.88. The molecule has 0 saturated carbocycles. The predicted molar refractivity (Wildman–Crippen MR) is 79.9 cm³/mol. The van der Waals surface area contributed by atoms with Crippen molar-refractivity contribution in [1.82, 2.24) is 0 Å². The van der Waals surface area contributed by atoms with E-state index < -0.39 is 0 Å². The Morgan fingerprint density at radius 3 is 2.00 bits per heavy atom. The number of hydrogen-bond donors (Lipinski definition) is 0. The standard InChI is InChI=1S/C17H32O/c1-3-5-7-8-9-10-11-13-15-17-16(18-17)14-12-6-4-2/h3,16-17H,1,4-15H2,2H3/t16-,17-/m1/s1. The highest BCUT2D eigenvalue weighted by Gasteiger charge is 2.36. The van der Waals surface area contributed by atoms with E-state index in [1.807, 2.05) is 6.08 Å². The van der Waals surface area contributed by atoms with Gasteiger partial charge in [-0.05, 0) is 25.7 Å². The van der Waals surface area contributed by atoms with Crippen molar-refractivity contribution < 1.29 is 4.74 Å². The molecule has 2 atom stereocenters. The van der Waals surface area contributed by atoms with Crippen LogP contribution in [0.4, 0.5) is 0 Å². The molecular weight excluding hydrogens is 220 g/mol. The van der Waals surface area contributed by atoms with E-state index in [4.69, 9.17) is 4.74 Å². The molecule has 1 fully saturated rings. The SMILES string of the molecule is C=CCCCCCCCC[C@H]1O[C@@H]1CCCCC. The smallest absolute Gasteiger partial charge is 0.0841 e. The Morgan fingerprint density at radius 1 is 0.833 bits per heavy atom. The molecule has 0 aromatic heterocycles. The third-order valence-electron chi connectivity index (χ3n) is 3.93. The van der Waals surface area contributed by atoms with Crippen molar-refractivity contribution in [1.29, 1.82) is 0 Å². The minimum absolute atomic E-state index is 0.627. The van der Waals surface area contributed by atoms with E-state index in [9.17, 15) is 0 Å². The highest BCUT2D eigenvalue weighted by molar-refractivity contribution is 4.84. The molecule has 0 aromatic rings. The van der Waals surface area contributed by atoms with E-state index >= 15 is 0 Å². The lowest BCUT2D eigenvalue weighted by Crippen LogP contribution is -1.94. The summed E-state index contributed by atoms with van der Waals surface area (Å²) in [5, 5.41) is 0. The third kappa shape index (κ3) is 7.92. The third-order valence-corrected chi connectivity index (χ3v) is 3.93. The van der Waals surface area contributed by atoms with E-state index in [0.717, 1.165) is 0 Å². The van der Waals surface area contributed by atoms with Crippen LogP contribution in [0.2, 0.25) is 0 Å². The van der Waals surface area contributed by atoms with Crippen molar-refractivity contribution in [3.63, 3.8) is 0 Å². The quantitative estimate of drug-likeness (QED) is 0.235. The largest absolute Gasteiger partial charge is 0.370 e. The van der Waals surface area contributed by atoms with E-state index in [1.54, 1.807) is 0 Å². The second-order valence-electron chi connectivity index (χ2n) is 5.70. The average molecular weight is 252 g/mol. The Bertz CT molecular complexity index is 200. The van der Waals surface area contributed by atoms with Crippen LogP contribution in [0.15, 0.2) is 12.7 Å². The Morgan fingerprint density at radius 2 is 1.39 bits per heavy atom. The van der Waals surface area contributed by atoms with Gasteiger partial charge >= 0.3 is 0 Å². The molecular formula is C17H32O. The maximum Gasteiger partial charge on any atom is 0.0841 e. The summed E-state index contributed by atoms with van der Waals surface area (Å²) >= 11 is 0. The fourth-order valence-electron chi connectivity index (χ4n) is 2.62. The van der Waals surface area contributed by atoms with Crippen LogP contribution in [-0.4, -0.2) is 12.2 Å². The van der Waals surface area contributed by atoms with Gasteiger partial charge in [0.2, 0.25) is 0 Å². The molecule has 1 saturated heterocycles. The Kier molecular flexibility index (Phi) is 9.28. The molecule has 0 aromatic carbocycles. The van der Waals surface area contributed by atoms with Gasteiger partial charge in [0, 0.05) is 0 Å². The first-order valence-electron chi connectivity index (χ1n) is 8.14. The van der Waals surface area contributed by atoms with E-state index in [-0.39, 0.29) is 0 Å². The van der Waals surface area contributed by atoms with Crippen molar-refractivity contribution >= 4 is 0 Å². The van der Waals surface area contributed by atoms with Gasteiger partial charge in [-0.3, -0.25) is 0 Å². The van der Waals surface area contributed by atoms with Crippen LogP contribution < -0.4 is 0 Å². The fourth-order valence-corrected chi connectivity index (χ4v) is 2.62. The van der Waals surface area contributed by atoms with Gasteiger partial charge < -0.3 is 4.74 Å². The zero-order valence-corrected chi connectivity index (χ0v) is 12.3. The van der Waals surface area contributed by atoms with Crippen molar-refractivity contribution in [3.8, 4) is 0 Å². The summed E-state index contributed by atoms with van der Waals surface area (Å²) in [6.45, 7) is 6.02. The van der Waals surface area contributed by atoms with Crippen LogP contribution in [-0.2, 0) is 4.74 Å². The van der Waals surface area contributed by atoms with Gasteiger partial charge in [0.15, 0.2) is 0 Å². The summed E-state index contributed by atoms with van der Waals surface area (Å²) < 4.78 is 5.71. The molecule has 106 valence electrons. The molecule has 0 bridgehead atoms. The number of rotatable bonds is 13. The summed E-state index contributed by atoms with van der Waals surface area (Å²) in [5.74, 6) is 0. The van der Waals surface area contributed by atoms with Crippen molar-refractivity contribution in [3.05, 3.63) is 12.7 Å². The fraction of sp³-hybridized carbons (Fsp3) is 0.882.